The minimum Gasteiger partial charge on any atom is -0.384 e. The van der Waals surface area contributed by atoms with Crippen molar-refractivity contribution in [2.24, 2.45) is 0 Å². The topological polar surface area (TPSA) is 63.8 Å². The molecule has 0 amide bonds. The van der Waals surface area contributed by atoms with Crippen molar-refractivity contribution >= 4 is 23.4 Å². The van der Waals surface area contributed by atoms with E-state index in [4.69, 9.17) is 5.73 Å². The lowest BCUT2D eigenvalue weighted by atomic mass is 9.88. The summed E-state index contributed by atoms with van der Waals surface area (Å²) in [6, 6.07) is 1.84. The van der Waals surface area contributed by atoms with Crippen molar-refractivity contribution in [3.63, 3.8) is 0 Å². The Morgan fingerprint density at radius 1 is 1.24 bits per heavy atom. The van der Waals surface area contributed by atoms with Crippen LogP contribution in [0.25, 0.3) is 0 Å². The quantitative estimate of drug-likeness (QED) is 0.885. The zero-order valence-electron chi connectivity index (χ0n) is 13.7. The predicted molar refractivity (Wildman–Crippen MR) is 93.0 cm³/mol. The van der Waals surface area contributed by atoms with Gasteiger partial charge in [0.2, 0.25) is 0 Å². The molecule has 0 saturated heterocycles. The van der Waals surface area contributed by atoms with E-state index in [1.807, 2.05) is 17.8 Å². The summed E-state index contributed by atoms with van der Waals surface area (Å²) in [7, 11) is 0. The van der Waals surface area contributed by atoms with E-state index in [-0.39, 0.29) is 5.41 Å². The highest BCUT2D eigenvalue weighted by Gasteiger charge is 2.31. The molecule has 118 valence electrons. The summed E-state index contributed by atoms with van der Waals surface area (Å²) in [5, 5.41) is 3.51. The van der Waals surface area contributed by atoms with Gasteiger partial charge in [0.25, 0.3) is 0 Å². The average Bonchev–Trinajstić information content (AvgIpc) is 2.45. The van der Waals surface area contributed by atoms with Crippen LogP contribution in [-0.4, -0.2) is 27.5 Å². The number of thioether (sulfide) groups is 1. The minimum atomic E-state index is -0.0894. The van der Waals surface area contributed by atoms with E-state index in [1.165, 1.54) is 32.1 Å². The van der Waals surface area contributed by atoms with Crippen LogP contribution in [0.2, 0.25) is 0 Å². The first-order valence-corrected chi connectivity index (χ1v) is 9.01. The molecule has 1 aliphatic rings. The zero-order valence-corrected chi connectivity index (χ0v) is 14.5. The van der Waals surface area contributed by atoms with Crippen molar-refractivity contribution in [2.75, 3.05) is 23.9 Å². The van der Waals surface area contributed by atoms with E-state index in [0.29, 0.717) is 10.6 Å². The van der Waals surface area contributed by atoms with Crippen LogP contribution in [-0.2, 0) is 5.41 Å². The van der Waals surface area contributed by atoms with Crippen LogP contribution in [0.1, 0.15) is 58.7 Å². The lowest BCUT2D eigenvalue weighted by Crippen LogP contribution is -2.36. The SMILES string of the molecule is CSC1(CNc2cc(N)nc(C(C)(C)C)n2)CCCCC1. The Kier molecular flexibility index (Phi) is 5.02. The van der Waals surface area contributed by atoms with E-state index in [0.717, 1.165) is 18.2 Å². The molecule has 0 aliphatic heterocycles. The molecule has 0 unspecified atom stereocenters. The number of nitrogens with one attached hydrogen (secondary N) is 1. The Bertz CT molecular complexity index is 476. The monoisotopic (exact) mass is 308 g/mol. The fraction of sp³-hybridized carbons (Fsp3) is 0.750. The second kappa shape index (κ2) is 6.42. The third kappa shape index (κ3) is 4.25. The molecule has 0 aromatic carbocycles. The van der Waals surface area contributed by atoms with E-state index >= 15 is 0 Å². The Hall–Kier alpha value is -0.970. The number of aromatic nitrogens is 2. The highest BCUT2D eigenvalue weighted by atomic mass is 32.2. The van der Waals surface area contributed by atoms with Crippen molar-refractivity contribution in [3.05, 3.63) is 11.9 Å². The third-order valence-corrected chi connectivity index (χ3v) is 5.62. The van der Waals surface area contributed by atoms with Crippen molar-refractivity contribution in [3.8, 4) is 0 Å². The van der Waals surface area contributed by atoms with E-state index < -0.39 is 0 Å². The zero-order chi connectivity index (χ0) is 15.5. The van der Waals surface area contributed by atoms with Crippen molar-refractivity contribution in [2.45, 2.75) is 63.0 Å². The molecule has 1 heterocycles. The van der Waals surface area contributed by atoms with Crippen molar-refractivity contribution in [1.29, 1.82) is 0 Å². The van der Waals surface area contributed by atoms with Crippen molar-refractivity contribution < 1.29 is 0 Å². The lowest BCUT2D eigenvalue weighted by Gasteiger charge is -2.36. The standard InChI is InChI=1S/C16H28N4S/c1-15(2,3)14-19-12(17)10-13(20-14)18-11-16(21-4)8-6-5-7-9-16/h10H,5-9,11H2,1-4H3,(H3,17,18,19,20). The predicted octanol–water partition coefficient (Wildman–Crippen LogP) is 3.83. The molecule has 0 radical (unpaired) electrons. The van der Waals surface area contributed by atoms with Crippen LogP contribution in [0.15, 0.2) is 6.07 Å². The van der Waals surface area contributed by atoms with Gasteiger partial charge in [0.05, 0.1) is 0 Å². The summed E-state index contributed by atoms with van der Waals surface area (Å²) >= 11 is 1.99. The Morgan fingerprint density at radius 3 is 2.48 bits per heavy atom. The minimum absolute atomic E-state index is 0.0894. The molecule has 2 rings (SSSR count). The molecule has 1 fully saturated rings. The molecule has 1 saturated carbocycles. The molecular weight excluding hydrogens is 280 g/mol. The molecule has 0 atom stereocenters. The van der Waals surface area contributed by atoms with Gasteiger partial charge in [-0.25, -0.2) is 9.97 Å². The van der Waals surface area contributed by atoms with Crippen LogP contribution in [0.3, 0.4) is 0 Å². The maximum atomic E-state index is 5.93. The van der Waals surface area contributed by atoms with E-state index in [2.05, 4.69) is 42.3 Å². The fourth-order valence-corrected chi connectivity index (χ4v) is 3.71. The molecule has 0 bridgehead atoms. The normalized spacial score (nSPS) is 18.5. The maximum absolute atomic E-state index is 5.93. The average molecular weight is 308 g/mol. The molecule has 4 nitrogen and oxygen atoms in total. The number of nitrogens with zero attached hydrogens (tertiary/aromatic N) is 2. The molecule has 0 spiro atoms. The van der Waals surface area contributed by atoms with Gasteiger partial charge < -0.3 is 11.1 Å². The Morgan fingerprint density at radius 2 is 1.90 bits per heavy atom. The van der Waals surface area contributed by atoms with Crippen molar-refractivity contribution in [1.82, 2.24) is 9.97 Å². The first-order chi connectivity index (χ1) is 9.85. The lowest BCUT2D eigenvalue weighted by molar-refractivity contribution is 0.411. The summed E-state index contributed by atoms with van der Waals surface area (Å²) < 4.78 is 0.347. The highest BCUT2D eigenvalue weighted by molar-refractivity contribution is 8.00. The third-order valence-electron chi connectivity index (χ3n) is 4.21. The van der Waals surface area contributed by atoms with Gasteiger partial charge in [0.1, 0.15) is 17.5 Å². The van der Waals surface area contributed by atoms with Crippen LogP contribution < -0.4 is 11.1 Å². The number of anilines is 2. The van der Waals surface area contributed by atoms with E-state index in [9.17, 15) is 0 Å². The second-order valence-electron chi connectivity index (χ2n) is 7.05. The number of hydrogen-bond donors (Lipinski definition) is 2. The van der Waals surface area contributed by atoms with Crippen LogP contribution in [0.4, 0.5) is 11.6 Å². The number of hydrogen-bond acceptors (Lipinski definition) is 5. The maximum Gasteiger partial charge on any atom is 0.138 e. The molecule has 21 heavy (non-hydrogen) atoms. The van der Waals surface area contributed by atoms with Gasteiger partial charge in [0, 0.05) is 22.8 Å². The van der Waals surface area contributed by atoms with Gasteiger partial charge in [0.15, 0.2) is 0 Å². The Labute approximate surface area is 132 Å². The molecular formula is C16H28N4S. The summed E-state index contributed by atoms with van der Waals surface area (Å²) in [6.45, 7) is 7.27. The van der Waals surface area contributed by atoms with Gasteiger partial charge in [-0.3, -0.25) is 0 Å². The molecule has 3 N–H and O–H groups in total. The van der Waals surface area contributed by atoms with Gasteiger partial charge in [-0.2, -0.15) is 11.8 Å². The first kappa shape index (κ1) is 16.4. The Balaban J connectivity index is 2.10. The summed E-state index contributed by atoms with van der Waals surface area (Å²) in [5.74, 6) is 2.19. The molecule has 1 aromatic rings. The molecule has 1 aliphatic carbocycles. The fourth-order valence-electron chi connectivity index (χ4n) is 2.79. The highest BCUT2D eigenvalue weighted by Crippen LogP contribution is 2.38. The molecule has 5 heteroatoms. The van der Waals surface area contributed by atoms with Gasteiger partial charge in [-0.1, -0.05) is 40.0 Å². The summed E-state index contributed by atoms with van der Waals surface area (Å²) in [4.78, 5) is 9.00. The first-order valence-electron chi connectivity index (χ1n) is 7.79. The van der Waals surface area contributed by atoms with Gasteiger partial charge in [-0.05, 0) is 19.1 Å². The smallest absolute Gasteiger partial charge is 0.138 e. The summed E-state index contributed by atoms with van der Waals surface area (Å²) in [5.41, 5.74) is 5.84. The summed E-state index contributed by atoms with van der Waals surface area (Å²) in [6.07, 6.45) is 8.84. The second-order valence-corrected chi connectivity index (χ2v) is 8.33. The largest absolute Gasteiger partial charge is 0.384 e. The van der Waals surface area contributed by atoms with E-state index in [1.54, 1.807) is 0 Å². The van der Waals surface area contributed by atoms with Gasteiger partial charge >= 0.3 is 0 Å². The van der Waals surface area contributed by atoms with Gasteiger partial charge in [-0.15, -0.1) is 0 Å². The van der Waals surface area contributed by atoms with Crippen LogP contribution in [0, 0.1) is 0 Å². The van der Waals surface area contributed by atoms with Crippen LogP contribution >= 0.6 is 11.8 Å². The molecule has 1 aromatic heterocycles. The van der Waals surface area contributed by atoms with Crippen LogP contribution in [0.5, 0.6) is 0 Å². The number of rotatable bonds is 4. The number of nitrogen functional groups attached to an aromatic ring is 1. The number of nitrogens with two attached hydrogens (primary N) is 1.